The van der Waals surface area contributed by atoms with Crippen LogP contribution in [0.4, 0.5) is 12.9 Å². The molecule has 1 atom stereocenters. The summed E-state index contributed by atoms with van der Waals surface area (Å²) in [5, 5.41) is 0. The fraction of sp³-hybridized carbons (Fsp3) is 1.00. The normalized spacial score (nSPS) is 25.9. The molecule has 1 fully saturated rings. The molecule has 0 amide bonds. The third kappa shape index (κ3) is 4.28. The van der Waals surface area contributed by atoms with E-state index in [4.69, 9.17) is 0 Å². The van der Waals surface area contributed by atoms with Gasteiger partial charge in [-0.25, -0.2) is 0 Å². The van der Waals surface area contributed by atoms with Gasteiger partial charge in [0, 0.05) is 12.6 Å². The Morgan fingerprint density at radius 3 is 2.09 bits per heavy atom. The van der Waals surface area contributed by atoms with Crippen molar-refractivity contribution in [3.63, 3.8) is 0 Å². The minimum absolute atomic E-state index is 0. The van der Waals surface area contributed by atoms with E-state index in [1.165, 1.54) is 0 Å². The Hall–Kier alpha value is 1.45. The van der Waals surface area contributed by atoms with Crippen LogP contribution in [-0.2, 0) is 4.74 Å². The van der Waals surface area contributed by atoms with Crippen molar-refractivity contribution in [2.24, 2.45) is 0 Å². The maximum absolute atomic E-state index is 11.9. The summed E-state index contributed by atoms with van der Waals surface area (Å²) in [6, 6.07) is -1.44. The number of hydrogen-bond acceptors (Lipinski definition) is 1. The first-order valence-electron chi connectivity index (χ1n) is 3.42. The van der Waals surface area contributed by atoms with Gasteiger partial charge in [0.2, 0.25) is 0 Å². The predicted molar refractivity (Wildman–Crippen MR) is 32.7 cm³/mol. The number of halogens is 3. The summed E-state index contributed by atoms with van der Waals surface area (Å²) in [5.41, 5.74) is 0. The molecule has 1 aliphatic rings. The van der Waals surface area contributed by atoms with Crippen molar-refractivity contribution in [2.75, 3.05) is 6.61 Å². The maximum Gasteiger partial charge on any atom is 1.00 e. The largest absolute Gasteiger partial charge is 1.00 e. The van der Waals surface area contributed by atoms with Gasteiger partial charge in [-0.05, 0) is 6.42 Å². The van der Waals surface area contributed by atoms with Gasteiger partial charge in [-0.3, -0.25) is 0 Å². The maximum atomic E-state index is 11.9. The Kier molecular flexibility index (Phi) is 5.93. The van der Waals surface area contributed by atoms with Crippen LogP contribution < -0.4 is 51.4 Å². The Labute approximate surface area is 107 Å². The molecule has 1 rings (SSSR count). The third-order valence-electron chi connectivity index (χ3n) is 1.64. The third-order valence-corrected chi connectivity index (χ3v) is 1.64. The summed E-state index contributed by atoms with van der Waals surface area (Å²) in [4.78, 5) is 0. The first kappa shape index (κ1) is 12.5. The van der Waals surface area contributed by atoms with Crippen molar-refractivity contribution in [1.29, 1.82) is 0 Å². The molecule has 0 aromatic carbocycles. The van der Waals surface area contributed by atoms with E-state index in [0.29, 0.717) is 6.42 Å². The molecular formula is C5H9BF3KO. The summed E-state index contributed by atoms with van der Waals surface area (Å²) in [6.07, 6.45) is 1.57. The van der Waals surface area contributed by atoms with Crippen molar-refractivity contribution >= 4 is 6.98 Å². The number of hydrogen-bond donors (Lipinski definition) is 0. The fourth-order valence-electron chi connectivity index (χ4n) is 1.06. The van der Waals surface area contributed by atoms with Crippen LogP contribution in [0.1, 0.15) is 19.3 Å². The molecule has 0 spiro atoms. The van der Waals surface area contributed by atoms with E-state index in [2.05, 4.69) is 4.74 Å². The van der Waals surface area contributed by atoms with E-state index in [0.717, 1.165) is 6.42 Å². The summed E-state index contributed by atoms with van der Waals surface area (Å²) < 4.78 is 40.2. The second-order valence-electron chi connectivity index (χ2n) is 2.53. The molecule has 1 saturated heterocycles. The van der Waals surface area contributed by atoms with E-state index in [1.807, 2.05) is 0 Å². The molecule has 1 aliphatic heterocycles. The molecule has 1 heterocycles. The van der Waals surface area contributed by atoms with E-state index in [9.17, 15) is 12.9 Å². The smallest absolute Gasteiger partial charge is 0.447 e. The van der Waals surface area contributed by atoms with Crippen LogP contribution >= 0.6 is 0 Å². The van der Waals surface area contributed by atoms with Crippen LogP contribution in [0, 0.1) is 0 Å². The van der Waals surface area contributed by atoms with Gasteiger partial charge in [0.05, 0.1) is 0 Å². The van der Waals surface area contributed by atoms with Gasteiger partial charge in [-0.2, -0.15) is 0 Å². The molecule has 1 nitrogen and oxygen atoms in total. The SMILES string of the molecule is F[B-](F)(F)C1CCCCO1.[K+]. The zero-order valence-corrected chi connectivity index (χ0v) is 9.65. The van der Waals surface area contributed by atoms with Crippen LogP contribution in [-0.4, -0.2) is 19.6 Å². The fourth-order valence-corrected chi connectivity index (χ4v) is 1.06. The Morgan fingerprint density at radius 1 is 1.18 bits per heavy atom. The van der Waals surface area contributed by atoms with E-state index in [-0.39, 0.29) is 64.4 Å². The minimum Gasteiger partial charge on any atom is -0.447 e. The summed E-state index contributed by atoms with van der Waals surface area (Å²) in [6.45, 7) is -4.48. The quantitative estimate of drug-likeness (QED) is 0.481. The van der Waals surface area contributed by atoms with Gasteiger partial charge in [0.15, 0.2) is 0 Å². The Bertz CT molecular complexity index is 113. The Morgan fingerprint density at radius 2 is 1.82 bits per heavy atom. The van der Waals surface area contributed by atoms with Gasteiger partial charge in [0.25, 0.3) is 0 Å². The molecule has 0 N–H and O–H groups in total. The summed E-state index contributed by atoms with van der Waals surface area (Å²) in [7, 11) is 0. The monoisotopic (exact) mass is 192 g/mol. The number of rotatable bonds is 1. The van der Waals surface area contributed by atoms with Crippen LogP contribution in [0.25, 0.3) is 0 Å². The van der Waals surface area contributed by atoms with Gasteiger partial charge in [-0.15, -0.1) is 0 Å². The van der Waals surface area contributed by atoms with Crippen LogP contribution in [0.5, 0.6) is 0 Å². The van der Waals surface area contributed by atoms with Gasteiger partial charge < -0.3 is 17.7 Å². The van der Waals surface area contributed by atoms with Crippen LogP contribution in [0.3, 0.4) is 0 Å². The predicted octanol–water partition coefficient (Wildman–Crippen LogP) is -1.05. The summed E-state index contributed by atoms with van der Waals surface area (Å²) in [5.74, 6) is 0. The first-order valence-corrected chi connectivity index (χ1v) is 3.42. The average Bonchev–Trinajstić information content (AvgIpc) is 1.88. The molecule has 0 bridgehead atoms. The zero-order valence-electron chi connectivity index (χ0n) is 6.53. The summed E-state index contributed by atoms with van der Waals surface area (Å²) >= 11 is 0. The van der Waals surface area contributed by atoms with Gasteiger partial charge in [0.1, 0.15) is 0 Å². The number of ether oxygens (including phenoxy) is 1. The van der Waals surface area contributed by atoms with Crippen molar-refractivity contribution in [2.45, 2.75) is 25.3 Å². The van der Waals surface area contributed by atoms with E-state index >= 15 is 0 Å². The molecule has 6 heteroatoms. The molecule has 11 heavy (non-hydrogen) atoms. The van der Waals surface area contributed by atoms with Crippen molar-refractivity contribution < 1.29 is 69.1 Å². The molecule has 0 saturated carbocycles. The van der Waals surface area contributed by atoms with Crippen LogP contribution in [0.2, 0.25) is 0 Å². The first-order chi connectivity index (χ1) is 4.61. The zero-order chi connectivity index (χ0) is 7.61. The molecule has 60 valence electrons. The Balaban J connectivity index is 0.000001000. The molecule has 0 radical (unpaired) electrons. The molecule has 1 unspecified atom stereocenters. The second kappa shape index (κ2) is 5.24. The second-order valence-corrected chi connectivity index (χ2v) is 2.53. The van der Waals surface area contributed by atoms with Crippen molar-refractivity contribution in [3.05, 3.63) is 0 Å². The van der Waals surface area contributed by atoms with Crippen molar-refractivity contribution in [1.82, 2.24) is 0 Å². The van der Waals surface area contributed by atoms with Gasteiger partial charge >= 0.3 is 58.4 Å². The minimum atomic E-state index is -4.75. The molecular weight excluding hydrogens is 183 g/mol. The van der Waals surface area contributed by atoms with Gasteiger partial charge in [-0.1, -0.05) is 12.8 Å². The molecule has 0 aromatic rings. The standard InChI is InChI=1S/C5H9BF3O.K/c7-6(8,9)5-3-1-2-4-10-5;/h5H,1-4H2;/q-1;+1. The molecule has 0 aromatic heterocycles. The average molecular weight is 192 g/mol. The van der Waals surface area contributed by atoms with Crippen molar-refractivity contribution in [3.8, 4) is 0 Å². The van der Waals surface area contributed by atoms with Crippen LogP contribution in [0.15, 0.2) is 0 Å². The molecule has 0 aliphatic carbocycles. The van der Waals surface area contributed by atoms with E-state index < -0.39 is 13.0 Å². The topological polar surface area (TPSA) is 9.23 Å². The van der Waals surface area contributed by atoms with E-state index in [1.54, 1.807) is 0 Å².